The number of hydrogen-bond acceptors (Lipinski definition) is 2. The molecule has 80 valence electrons. The van der Waals surface area contributed by atoms with Gasteiger partial charge in [0.1, 0.15) is 0 Å². The van der Waals surface area contributed by atoms with Crippen LogP contribution in [0, 0.1) is 0 Å². The molecule has 0 radical (unpaired) electrons. The molecule has 0 N–H and O–H groups in total. The summed E-state index contributed by atoms with van der Waals surface area (Å²) in [4.78, 5) is 0. The van der Waals surface area contributed by atoms with Gasteiger partial charge in [-0.25, -0.2) is 8.42 Å². The number of halogens is 3. The molecule has 0 spiro atoms. The molecule has 13 heavy (non-hydrogen) atoms. The van der Waals surface area contributed by atoms with E-state index in [9.17, 15) is 21.6 Å². The van der Waals surface area contributed by atoms with Crippen molar-refractivity contribution in [3.63, 3.8) is 0 Å². The minimum atomic E-state index is -4.69. The first-order valence-corrected chi connectivity index (χ1v) is 5.25. The predicted molar refractivity (Wildman–Crippen MR) is 44.2 cm³/mol. The molecule has 6 heteroatoms. The Hall–Kier alpha value is -0.260. The Morgan fingerprint density at radius 2 is 1.38 bits per heavy atom. The highest BCUT2D eigenvalue weighted by atomic mass is 32.2. The van der Waals surface area contributed by atoms with Crippen LogP contribution in [0.4, 0.5) is 13.2 Å². The first-order valence-electron chi connectivity index (χ1n) is 3.71. The smallest absolute Gasteiger partial charge is 0.228 e. The van der Waals surface area contributed by atoms with Crippen molar-refractivity contribution in [1.82, 2.24) is 0 Å². The molecule has 0 fully saturated rings. The van der Waals surface area contributed by atoms with Crippen molar-refractivity contribution in [3.8, 4) is 0 Å². The summed E-state index contributed by atoms with van der Waals surface area (Å²) in [6.07, 6.45) is -4.69. The van der Waals surface area contributed by atoms with Crippen LogP contribution in [0.15, 0.2) is 0 Å². The number of alkyl halides is 3. The van der Waals surface area contributed by atoms with E-state index in [-0.39, 0.29) is 0 Å². The number of sulfone groups is 1. The Bertz CT molecular complexity index is 271. The second-order valence-corrected chi connectivity index (χ2v) is 6.86. The predicted octanol–water partition coefficient (Wildman–Crippen LogP) is 2.15. The Labute approximate surface area is 76.1 Å². The zero-order valence-corrected chi connectivity index (χ0v) is 8.75. The molecule has 2 nitrogen and oxygen atoms in total. The highest BCUT2D eigenvalue weighted by Crippen LogP contribution is 2.31. The van der Waals surface area contributed by atoms with Crippen molar-refractivity contribution in [2.45, 2.75) is 43.9 Å². The van der Waals surface area contributed by atoms with E-state index in [4.69, 9.17) is 0 Å². The van der Waals surface area contributed by atoms with E-state index in [1.54, 1.807) is 0 Å². The summed E-state index contributed by atoms with van der Waals surface area (Å²) in [6, 6.07) is 0. The van der Waals surface area contributed by atoms with Crippen molar-refractivity contribution in [1.29, 1.82) is 0 Å². The highest BCUT2D eigenvalue weighted by molar-refractivity contribution is 7.93. The third-order valence-electron chi connectivity index (χ3n) is 1.78. The number of hydrogen-bond donors (Lipinski definition) is 0. The Kier molecular flexibility index (Phi) is 3.09. The molecule has 0 bridgehead atoms. The van der Waals surface area contributed by atoms with Crippen LogP contribution in [0.3, 0.4) is 0 Å². The summed E-state index contributed by atoms with van der Waals surface area (Å²) in [5.41, 5.74) is 0. The average molecular weight is 218 g/mol. The summed E-state index contributed by atoms with van der Waals surface area (Å²) in [7, 11) is -4.16. The van der Waals surface area contributed by atoms with Gasteiger partial charge in [-0.05, 0) is 27.7 Å². The first-order chi connectivity index (χ1) is 5.40. The third kappa shape index (κ3) is 2.59. The van der Waals surface area contributed by atoms with Gasteiger partial charge in [0, 0.05) is 0 Å². The molecule has 0 heterocycles. The highest BCUT2D eigenvalue weighted by Gasteiger charge is 2.49. The maximum Gasteiger partial charge on any atom is 0.405 e. The average Bonchev–Trinajstić information content (AvgIpc) is 1.81. The first kappa shape index (κ1) is 12.7. The maximum absolute atomic E-state index is 12.1. The van der Waals surface area contributed by atoms with Crippen molar-refractivity contribution >= 4 is 9.84 Å². The SMILES string of the molecule is CC(C(F)(F)F)S(=O)(=O)C(C)(C)C. The van der Waals surface area contributed by atoms with Crippen LogP contribution in [-0.4, -0.2) is 24.6 Å². The van der Waals surface area contributed by atoms with Crippen LogP contribution in [-0.2, 0) is 9.84 Å². The summed E-state index contributed by atoms with van der Waals surface area (Å²) in [5, 5.41) is -2.31. The maximum atomic E-state index is 12.1. The molecular weight excluding hydrogens is 205 g/mol. The van der Waals surface area contributed by atoms with Gasteiger partial charge in [0.25, 0.3) is 0 Å². The van der Waals surface area contributed by atoms with Crippen LogP contribution >= 0.6 is 0 Å². The fourth-order valence-corrected chi connectivity index (χ4v) is 2.12. The fraction of sp³-hybridized carbons (Fsp3) is 1.00. The van der Waals surface area contributed by atoms with Crippen molar-refractivity contribution < 1.29 is 21.6 Å². The van der Waals surface area contributed by atoms with E-state index in [1.807, 2.05) is 0 Å². The largest absolute Gasteiger partial charge is 0.405 e. The normalized spacial score (nSPS) is 17.2. The summed E-state index contributed by atoms with van der Waals surface area (Å²) in [5.74, 6) is 0. The second kappa shape index (κ2) is 3.15. The van der Waals surface area contributed by atoms with Crippen molar-refractivity contribution in [2.24, 2.45) is 0 Å². The lowest BCUT2D eigenvalue weighted by Gasteiger charge is -2.25. The summed E-state index contributed by atoms with van der Waals surface area (Å²) >= 11 is 0. The summed E-state index contributed by atoms with van der Waals surface area (Å²) in [6.45, 7) is 4.43. The quantitative estimate of drug-likeness (QED) is 0.675. The van der Waals surface area contributed by atoms with Crippen LogP contribution in [0.25, 0.3) is 0 Å². The van der Waals surface area contributed by atoms with Gasteiger partial charge in [0.2, 0.25) is 0 Å². The van der Waals surface area contributed by atoms with Crippen molar-refractivity contribution in [3.05, 3.63) is 0 Å². The monoisotopic (exact) mass is 218 g/mol. The standard InChI is InChI=1S/C7H13F3O2S/c1-5(7(8,9)10)13(11,12)6(2,3)4/h5H,1-4H3. The molecule has 1 atom stereocenters. The van der Waals surface area contributed by atoms with Gasteiger partial charge in [0.15, 0.2) is 15.1 Å². The topological polar surface area (TPSA) is 34.1 Å². The van der Waals surface area contributed by atoms with E-state index >= 15 is 0 Å². The van der Waals surface area contributed by atoms with Crippen molar-refractivity contribution in [2.75, 3.05) is 0 Å². The molecule has 0 aliphatic rings. The lowest BCUT2D eigenvalue weighted by Crippen LogP contribution is -2.43. The Morgan fingerprint density at radius 3 is 1.46 bits per heavy atom. The molecule has 1 unspecified atom stereocenters. The van der Waals surface area contributed by atoms with E-state index < -0.39 is 26.0 Å². The Balaban J connectivity index is 5.12. The van der Waals surface area contributed by atoms with E-state index in [0.29, 0.717) is 6.92 Å². The summed E-state index contributed by atoms with van der Waals surface area (Å²) < 4.78 is 57.5. The van der Waals surface area contributed by atoms with Crippen LogP contribution in [0.2, 0.25) is 0 Å². The lowest BCUT2D eigenvalue weighted by atomic mass is 10.3. The van der Waals surface area contributed by atoms with E-state index in [2.05, 4.69) is 0 Å². The molecule has 0 aromatic rings. The molecule has 0 amide bonds. The molecule has 0 aromatic carbocycles. The lowest BCUT2D eigenvalue weighted by molar-refractivity contribution is -0.127. The minimum Gasteiger partial charge on any atom is -0.228 e. The molecular formula is C7H13F3O2S. The van der Waals surface area contributed by atoms with Crippen LogP contribution in [0.1, 0.15) is 27.7 Å². The van der Waals surface area contributed by atoms with Gasteiger partial charge in [0.05, 0.1) is 4.75 Å². The van der Waals surface area contributed by atoms with Gasteiger partial charge >= 0.3 is 6.18 Å². The molecule has 0 aliphatic heterocycles. The van der Waals surface area contributed by atoms with Crippen LogP contribution < -0.4 is 0 Å². The molecule has 0 saturated carbocycles. The van der Waals surface area contributed by atoms with E-state index in [0.717, 1.165) is 0 Å². The minimum absolute atomic E-state index is 0.667. The van der Waals surface area contributed by atoms with E-state index in [1.165, 1.54) is 20.8 Å². The zero-order valence-electron chi connectivity index (χ0n) is 7.94. The Morgan fingerprint density at radius 1 is 1.08 bits per heavy atom. The molecule has 0 aliphatic carbocycles. The van der Waals surface area contributed by atoms with Gasteiger partial charge < -0.3 is 0 Å². The molecule has 0 saturated heterocycles. The molecule has 0 aromatic heterocycles. The van der Waals surface area contributed by atoms with Gasteiger partial charge in [-0.15, -0.1) is 0 Å². The fourth-order valence-electron chi connectivity index (χ4n) is 0.706. The van der Waals surface area contributed by atoms with Gasteiger partial charge in [-0.1, -0.05) is 0 Å². The zero-order chi connectivity index (χ0) is 11.1. The van der Waals surface area contributed by atoms with Crippen LogP contribution in [0.5, 0.6) is 0 Å². The van der Waals surface area contributed by atoms with Gasteiger partial charge in [-0.2, -0.15) is 13.2 Å². The number of rotatable bonds is 1. The second-order valence-electron chi connectivity index (χ2n) is 3.84. The molecule has 0 rings (SSSR count). The van der Waals surface area contributed by atoms with Gasteiger partial charge in [-0.3, -0.25) is 0 Å². The third-order valence-corrected chi connectivity index (χ3v) is 4.69.